The van der Waals surface area contributed by atoms with E-state index in [1.54, 1.807) is 0 Å². The molecule has 0 unspecified atom stereocenters. The van der Waals surface area contributed by atoms with E-state index in [0.717, 1.165) is 29.9 Å². The summed E-state index contributed by atoms with van der Waals surface area (Å²) >= 11 is 0. The van der Waals surface area contributed by atoms with Crippen LogP contribution in [0.4, 0.5) is 17.1 Å². The van der Waals surface area contributed by atoms with E-state index in [1.165, 1.54) is 55.6 Å². The summed E-state index contributed by atoms with van der Waals surface area (Å²) in [5.41, 5.74) is 15.9. The van der Waals surface area contributed by atoms with Crippen molar-refractivity contribution in [2.24, 2.45) is 0 Å². The first kappa shape index (κ1) is 33.0. The molecule has 2 aliphatic rings. The molecule has 52 heavy (non-hydrogen) atoms. The molecular weight excluding hydrogens is 627 g/mol. The lowest BCUT2D eigenvalue weighted by Gasteiger charge is -2.28. The highest BCUT2D eigenvalue weighted by Gasteiger charge is 2.36. The van der Waals surface area contributed by atoms with E-state index >= 15 is 0 Å². The number of fused-ring (bicyclic) bond motifs is 3. The minimum Gasteiger partial charge on any atom is -0.310 e. The van der Waals surface area contributed by atoms with Crippen molar-refractivity contribution < 1.29 is 0 Å². The predicted octanol–water partition coefficient (Wildman–Crippen LogP) is 14.1. The molecule has 0 amide bonds. The summed E-state index contributed by atoms with van der Waals surface area (Å²) in [6.07, 6.45) is 22.2. The zero-order chi connectivity index (χ0) is 35.3. The molecule has 1 heteroatoms. The summed E-state index contributed by atoms with van der Waals surface area (Å²) in [5.74, 6) is 0. The monoisotopic (exact) mass is 669 g/mol. The van der Waals surface area contributed by atoms with Crippen LogP contribution in [0.2, 0.25) is 0 Å². The highest BCUT2D eigenvalue weighted by molar-refractivity contribution is 5.87. The Labute approximate surface area is 308 Å². The van der Waals surface area contributed by atoms with Crippen molar-refractivity contribution >= 4 is 47.4 Å². The average molecular weight is 670 g/mol. The van der Waals surface area contributed by atoms with E-state index < -0.39 is 0 Å². The normalized spacial score (nSPS) is 14.5. The van der Waals surface area contributed by atoms with Gasteiger partial charge < -0.3 is 4.90 Å². The maximum absolute atomic E-state index is 2.41. The molecule has 6 aromatic rings. The number of allylic oxidation sites excluding steroid dienone is 5. The van der Waals surface area contributed by atoms with E-state index in [-0.39, 0.29) is 5.41 Å². The van der Waals surface area contributed by atoms with Crippen molar-refractivity contribution in [2.75, 3.05) is 4.90 Å². The van der Waals surface area contributed by atoms with Gasteiger partial charge in [-0.2, -0.15) is 0 Å². The first-order chi connectivity index (χ1) is 25.5. The molecule has 1 nitrogen and oxygen atoms in total. The van der Waals surface area contributed by atoms with Gasteiger partial charge in [0, 0.05) is 22.5 Å². The number of hydrogen-bond donors (Lipinski definition) is 0. The molecule has 0 heterocycles. The maximum Gasteiger partial charge on any atom is 0.0465 e. The summed E-state index contributed by atoms with van der Waals surface area (Å²) in [6.45, 7) is 4.73. The van der Waals surface area contributed by atoms with Gasteiger partial charge >= 0.3 is 0 Å². The summed E-state index contributed by atoms with van der Waals surface area (Å²) in [5, 5.41) is 0. The molecule has 2 aliphatic carbocycles. The molecule has 252 valence electrons. The van der Waals surface area contributed by atoms with Crippen LogP contribution in [0.5, 0.6) is 0 Å². The van der Waals surface area contributed by atoms with Crippen LogP contribution in [0.15, 0.2) is 175 Å². The minimum absolute atomic E-state index is 0.147. The second kappa shape index (κ2) is 14.6. The Morgan fingerprint density at radius 3 is 1.46 bits per heavy atom. The highest BCUT2D eigenvalue weighted by Crippen LogP contribution is 2.51. The van der Waals surface area contributed by atoms with E-state index in [1.807, 2.05) is 0 Å². The van der Waals surface area contributed by atoms with Crippen molar-refractivity contribution in [3.8, 4) is 11.1 Å². The van der Waals surface area contributed by atoms with E-state index in [9.17, 15) is 0 Å². The van der Waals surface area contributed by atoms with Gasteiger partial charge in [0.1, 0.15) is 0 Å². The zero-order valence-electron chi connectivity index (χ0n) is 29.9. The van der Waals surface area contributed by atoms with Crippen LogP contribution >= 0.6 is 0 Å². The Bertz CT molecular complexity index is 2330. The second-order valence-corrected chi connectivity index (χ2v) is 14.2. The minimum atomic E-state index is -0.147. The molecule has 0 saturated heterocycles. The molecule has 0 atom stereocenters. The molecule has 0 N–H and O–H groups in total. The lowest BCUT2D eigenvalue weighted by atomic mass is 9.81. The highest BCUT2D eigenvalue weighted by atomic mass is 15.1. The number of anilines is 3. The van der Waals surface area contributed by atoms with Crippen molar-refractivity contribution in [3.63, 3.8) is 0 Å². The van der Waals surface area contributed by atoms with Crippen molar-refractivity contribution in [3.05, 3.63) is 214 Å². The molecule has 8 rings (SSSR count). The van der Waals surface area contributed by atoms with Crippen molar-refractivity contribution in [1.82, 2.24) is 0 Å². The molecule has 0 saturated carbocycles. The van der Waals surface area contributed by atoms with E-state index in [4.69, 9.17) is 0 Å². The lowest BCUT2D eigenvalue weighted by molar-refractivity contribution is 0.660. The van der Waals surface area contributed by atoms with Gasteiger partial charge in [-0.15, -0.1) is 0 Å². The van der Waals surface area contributed by atoms with Crippen LogP contribution in [-0.4, -0.2) is 0 Å². The van der Waals surface area contributed by atoms with Crippen LogP contribution in [0.3, 0.4) is 0 Å². The lowest BCUT2D eigenvalue weighted by Crippen LogP contribution is -2.16. The van der Waals surface area contributed by atoms with Crippen LogP contribution in [-0.2, 0) is 5.41 Å². The van der Waals surface area contributed by atoms with Crippen LogP contribution in [0.1, 0.15) is 65.6 Å². The Morgan fingerprint density at radius 1 is 0.442 bits per heavy atom. The molecule has 0 spiro atoms. The third-order valence-electron chi connectivity index (χ3n) is 10.3. The molecule has 0 radical (unpaired) electrons. The summed E-state index contributed by atoms with van der Waals surface area (Å²) < 4.78 is 0. The Kier molecular flexibility index (Phi) is 9.25. The zero-order valence-corrected chi connectivity index (χ0v) is 29.9. The van der Waals surface area contributed by atoms with E-state index in [0.29, 0.717) is 0 Å². The SMILES string of the molecule is CC1(C)c2cc(/C=C/c3ccccc3)ccc2-c2ccc(N(c3ccc(/C=C/C4=CCCC=C4)cc3)c3ccc(/C=C/c4ccccc4)cc3)cc21. The van der Waals surface area contributed by atoms with Gasteiger partial charge in [-0.3, -0.25) is 0 Å². The summed E-state index contributed by atoms with van der Waals surface area (Å²) in [4.78, 5) is 2.39. The number of nitrogens with zero attached hydrogens (tertiary/aromatic N) is 1. The Morgan fingerprint density at radius 2 is 0.904 bits per heavy atom. The number of benzene rings is 6. The van der Waals surface area contributed by atoms with Crippen LogP contribution in [0.25, 0.3) is 41.5 Å². The largest absolute Gasteiger partial charge is 0.310 e. The average Bonchev–Trinajstić information content (AvgIpc) is 3.42. The molecular formula is C51H43N. The smallest absolute Gasteiger partial charge is 0.0465 e. The van der Waals surface area contributed by atoms with Gasteiger partial charge in [-0.05, 0) is 105 Å². The number of rotatable bonds is 9. The third kappa shape index (κ3) is 7.04. The van der Waals surface area contributed by atoms with Gasteiger partial charge in [0.15, 0.2) is 0 Å². The van der Waals surface area contributed by atoms with Crippen molar-refractivity contribution in [2.45, 2.75) is 32.1 Å². The fourth-order valence-electron chi connectivity index (χ4n) is 7.37. The maximum atomic E-state index is 2.41. The third-order valence-corrected chi connectivity index (χ3v) is 10.3. The summed E-state index contributed by atoms with van der Waals surface area (Å²) in [7, 11) is 0. The second-order valence-electron chi connectivity index (χ2n) is 14.2. The summed E-state index contributed by atoms with van der Waals surface area (Å²) in [6, 6.07) is 52.7. The standard InChI is InChI=1S/C51H43N/c1-51(2)49-36-43(23-22-40-16-10-5-11-17-40)28-34-47(49)48-35-33-46(37-50(48)51)52(44-29-24-41(25-30-44)20-18-38-12-6-3-7-13-38)45-31-26-42(27-32-45)21-19-39-14-8-4-9-15-39/h3,5-8,10-37H,4,9H2,1-2H3/b20-18+,21-19+,23-22+. The first-order valence-corrected chi connectivity index (χ1v) is 18.3. The number of hydrogen-bond acceptors (Lipinski definition) is 1. The van der Waals surface area contributed by atoms with Gasteiger partial charge in [0.2, 0.25) is 0 Å². The molecule has 0 fully saturated rings. The van der Waals surface area contributed by atoms with Crippen LogP contribution < -0.4 is 4.90 Å². The molecule has 6 aromatic carbocycles. The van der Waals surface area contributed by atoms with Gasteiger partial charge in [-0.25, -0.2) is 0 Å². The topological polar surface area (TPSA) is 3.24 Å². The fourth-order valence-corrected chi connectivity index (χ4v) is 7.37. The molecule has 0 bridgehead atoms. The molecule has 0 aliphatic heterocycles. The fraction of sp³-hybridized carbons (Fsp3) is 0.0980. The Hall–Kier alpha value is -6.18. The van der Waals surface area contributed by atoms with Gasteiger partial charge in [0.25, 0.3) is 0 Å². The van der Waals surface area contributed by atoms with E-state index in [2.05, 4.69) is 219 Å². The van der Waals surface area contributed by atoms with Gasteiger partial charge in [0.05, 0.1) is 0 Å². The quantitative estimate of drug-likeness (QED) is 0.139. The van der Waals surface area contributed by atoms with Crippen LogP contribution in [0, 0.1) is 0 Å². The van der Waals surface area contributed by atoms with Gasteiger partial charge in [-0.1, -0.05) is 178 Å². The predicted molar refractivity (Wildman–Crippen MR) is 225 cm³/mol. The Balaban J connectivity index is 1.13. The molecule has 0 aromatic heterocycles. The van der Waals surface area contributed by atoms with Crippen molar-refractivity contribution in [1.29, 1.82) is 0 Å². The first-order valence-electron chi connectivity index (χ1n) is 18.3.